The highest BCUT2D eigenvalue weighted by atomic mass is 32.1. The molecule has 0 aromatic heterocycles. The Bertz CT molecular complexity index is 588. The van der Waals surface area contributed by atoms with Crippen LogP contribution in [0, 0.1) is 0 Å². The van der Waals surface area contributed by atoms with E-state index in [4.69, 9.17) is 5.73 Å². The van der Waals surface area contributed by atoms with E-state index in [-0.39, 0.29) is 12.6 Å². The van der Waals surface area contributed by atoms with Gasteiger partial charge >= 0.3 is 5.97 Å². The zero-order chi connectivity index (χ0) is 23.3. The van der Waals surface area contributed by atoms with Gasteiger partial charge in [-0.2, -0.15) is 12.6 Å². The van der Waals surface area contributed by atoms with E-state index in [1.807, 2.05) is 0 Å². The molecule has 1 aromatic carbocycles. The lowest BCUT2D eigenvalue weighted by Gasteiger charge is -2.28. The third-order valence-corrected chi connectivity index (χ3v) is 5.06. The number of hydrogen-bond acceptors (Lipinski definition) is 7. The number of ether oxygens (including phenoxy) is 1. The third-order valence-electron chi connectivity index (χ3n) is 4.59. The standard InChI is InChI=1S/C14H23N3S.C5H9NO3.C4H10/c15-14(11-18)9-16-6-8-17-7-5-12-3-1-2-4-13(12)10-17;1-2-9-5(8)3-6-4-7;1-3-4-2/h1-4,14,16,18H,5-11,15H2;4H,2-3H2,1H3,(H,6,7);3-4H2,1-2H3. The number of hydrogen-bond donors (Lipinski definition) is 4. The Kier molecular flexibility index (Phi) is 19.2. The quantitative estimate of drug-likeness (QED) is 0.177. The van der Waals surface area contributed by atoms with Gasteiger partial charge in [-0.25, -0.2) is 0 Å². The minimum absolute atomic E-state index is 0.0443. The third kappa shape index (κ3) is 15.8. The summed E-state index contributed by atoms with van der Waals surface area (Å²) in [6.45, 7) is 11.6. The largest absolute Gasteiger partial charge is 0.465 e. The number of thiol groups is 1. The van der Waals surface area contributed by atoms with Crippen molar-refractivity contribution in [2.45, 2.75) is 52.6 Å². The van der Waals surface area contributed by atoms with Crippen LogP contribution in [0.15, 0.2) is 24.3 Å². The fourth-order valence-electron chi connectivity index (χ4n) is 2.67. The van der Waals surface area contributed by atoms with E-state index < -0.39 is 5.97 Å². The Hall–Kier alpha value is -1.61. The summed E-state index contributed by atoms with van der Waals surface area (Å²) in [5.41, 5.74) is 8.80. The van der Waals surface area contributed by atoms with Crippen molar-refractivity contribution in [3.63, 3.8) is 0 Å². The highest BCUT2D eigenvalue weighted by Gasteiger charge is 2.14. The first-order valence-electron chi connectivity index (χ1n) is 11.2. The van der Waals surface area contributed by atoms with Crippen LogP contribution in [0.25, 0.3) is 0 Å². The van der Waals surface area contributed by atoms with Crippen LogP contribution in [0.3, 0.4) is 0 Å². The number of amides is 1. The maximum absolute atomic E-state index is 10.4. The number of esters is 1. The van der Waals surface area contributed by atoms with E-state index >= 15 is 0 Å². The number of fused-ring (bicyclic) bond motifs is 1. The highest BCUT2D eigenvalue weighted by molar-refractivity contribution is 7.80. The van der Waals surface area contributed by atoms with Crippen LogP contribution in [0.4, 0.5) is 0 Å². The normalized spacial score (nSPS) is 13.5. The van der Waals surface area contributed by atoms with Gasteiger partial charge in [-0.05, 0) is 24.5 Å². The number of carbonyl (C=O) groups excluding carboxylic acids is 2. The molecule has 2 rings (SSSR count). The molecule has 0 fully saturated rings. The number of unbranched alkanes of at least 4 members (excludes halogenated alkanes) is 1. The Morgan fingerprint density at radius 3 is 2.52 bits per heavy atom. The summed E-state index contributed by atoms with van der Waals surface area (Å²) >= 11 is 4.18. The molecule has 178 valence electrons. The SMILES string of the molecule is CCCC.CCOC(=O)CNC=O.NC(CS)CNCCN1CCc2ccccc2C1. The summed E-state index contributed by atoms with van der Waals surface area (Å²) in [5.74, 6) is 0.328. The van der Waals surface area contributed by atoms with E-state index in [0.29, 0.717) is 13.0 Å². The van der Waals surface area contributed by atoms with Crippen molar-refractivity contribution in [3.8, 4) is 0 Å². The minimum atomic E-state index is -0.412. The Balaban J connectivity index is 0.000000581. The molecule has 1 aliphatic rings. The van der Waals surface area contributed by atoms with Crippen LogP contribution in [0.1, 0.15) is 44.7 Å². The number of carbonyl (C=O) groups is 2. The first kappa shape index (κ1) is 29.4. The van der Waals surface area contributed by atoms with Crippen molar-refractivity contribution < 1.29 is 14.3 Å². The van der Waals surface area contributed by atoms with Gasteiger partial charge in [-0.15, -0.1) is 0 Å². The van der Waals surface area contributed by atoms with Gasteiger partial charge in [0.05, 0.1) is 6.61 Å². The Labute approximate surface area is 193 Å². The molecule has 1 unspecified atom stereocenters. The number of benzene rings is 1. The van der Waals surface area contributed by atoms with Crippen molar-refractivity contribution >= 4 is 25.0 Å². The van der Waals surface area contributed by atoms with Crippen molar-refractivity contribution in [1.82, 2.24) is 15.5 Å². The van der Waals surface area contributed by atoms with Crippen LogP contribution in [-0.2, 0) is 27.3 Å². The van der Waals surface area contributed by atoms with Gasteiger partial charge in [0.15, 0.2) is 0 Å². The summed E-state index contributed by atoms with van der Waals surface area (Å²) in [6.07, 6.45) is 4.27. The van der Waals surface area contributed by atoms with Crippen LogP contribution in [0.5, 0.6) is 0 Å². The molecular weight excluding hydrogens is 412 g/mol. The molecule has 4 N–H and O–H groups in total. The lowest BCUT2D eigenvalue weighted by Crippen LogP contribution is -2.40. The van der Waals surface area contributed by atoms with Crippen LogP contribution in [-0.4, -0.2) is 68.4 Å². The molecule has 0 bridgehead atoms. The molecule has 1 atom stereocenters. The van der Waals surface area contributed by atoms with Gasteiger partial charge in [0.2, 0.25) is 6.41 Å². The predicted molar refractivity (Wildman–Crippen MR) is 131 cm³/mol. The molecule has 0 spiro atoms. The molecule has 7 nitrogen and oxygen atoms in total. The van der Waals surface area contributed by atoms with Crippen LogP contribution in [0.2, 0.25) is 0 Å². The first-order chi connectivity index (χ1) is 15.0. The molecule has 1 heterocycles. The maximum atomic E-state index is 10.4. The molecule has 0 aliphatic carbocycles. The fraction of sp³-hybridized carbons (Fsp3) is 0.652. The van der Waals surface area contributed by atoms with Crippen molar-refractivity contribution in [2.75, 3.05) is 45.1 Å². The summed E-state index contributed by atoms with van der Waals surface area (Å²) in [5, 5.41) is 5.57. The fourth-order valence-corrected chi connectivity index (χ4v) is 2.80. The zero-order valence-electron chi connectivity index (χ0n) is 19.4. The monoisotopic (exact) mass is 454 g/mol. The van der Waals surface area contributed by atoms with Gasteiger partial charge < -0.3 is 21.1 Å². The highest BCUT2D eigenvalue weighted by Crippen LogP contribution is 2.17. The number of rotatable bonds is 11. The second-order valence-corrected chi connectivity index (χ2v) is 7.61. The molecule has 1 aromatic rings. The van der Waals surface area contributed by atoms with E-state index in [0.717, 1.165) is 38.5 Å². The van der Waals surface area contributed by atoms with Gasteiger partial charge in [0.1, 0.15) is 6.54 Å². The van der Waals surface area contributed by atoms with E-state index in [2.05, 4.69) is 71.0 Å². The Morgan fingerprint density at radius 2 is 1.94 bits per heavy atom. The van der Waals surface area contributed by atoms with Crippen molar-refractivity contribution in [3.05, 3.63) is 35.4 Å². The predicted octanol–water partition coefficient (Wildman–Crippen LogP) is 1.99. The molecule has 0 saturated carbocycles. The molecule has 1 aliphatic heterocycles. The molecule has 0 saturated heterocycles. The smallest absolute Gasteiger partial charge is 0.325 e. The van der Waals surface area contributed by atoms with E-state index in [9.17, 15) is 9.59 Å². The van der Waals surface area contributed by atoms with E-state index in [1.165, 1.54) is 30.4 Å². The molecular formula is C23H42N4O3S. The average Bonchev–Trinajstić information content (AvgIpc) is 2.81. The first-order valence-corrected chi connectivity index (χ1v) is 11.8. The maximum Gasteiger partial charge on any atom is 0.325 e. The summed E-state index contributed by atoms with van der Waals surface area (Å²) in [4.78, 5) is 22.5. The summed E-state index contributed by atoms with van der Waals surface area (Å²) < 4.78 is 4.48. The molecule has 0 radical (unpaired) electrons. The lowest BCUT2D eigenvalue weighted by molar-refractivity contribution is -0.142. The topological polar surface area (TPSA) is 96.7 Å². The van der Waals surface area contributed by atoms with Crippen molar-refractivity contribution in [2.24, 2.45) is 5.73 Å². The second kappa shape index (κ2) is 20.3. The number of nitrogens with two attached hydrogens (primary N) is 1. The van der Waals surface area contributed by atoms with Crippen LogP contribution < -0.4 is 16.4 Å². The van der Waals surface area contributed by atoms with Crippen molar-refractivity contribution in [1.29, 1.82) is 0 Å². The second-order valence-electron chi connectivity index (χ2n) is 7.25. The summed E-state index contributed by atoms with van der Waals surface area (Å²) in [7, 11) is 0. The van der Waals surface area contributed by atoms with Gasteiger partial charge in [-0.1, -0.05) is 51.0 Å². The van der Waals surface area contributed by atoms with E-state index in [1.54, 1.807) is 6.92 Å². The Morgan fingerprint density at radius 1 is 1.26 bits per heavy atom. The van der Waals surface area contributed by atoms with Crippen LogP contribution >= 0.6 is 12.6 Å². The number of nitrogens with zero attached hydrogens (tertiary/aromatic N) is 1. The lowest BCUT2D eigenvalue weighted by atomic mass is 10.00. The minimum Gasteiger partial charge on any atom is -0.465 e. The molecule has 31 heavy (non-hydrogen) atoms. The average molecular weight is 455 g/mol. The molecule has 1 amide bonds. The van der Waals surface area contributed by atoms with Gasteiger partial charge in [0.25, 0.3) is 0 Å². The van der Waals surface area contributed by atoms with Gasteiger partial charge in [-0.3, -0.25) is 14.5 Å². The number of nitrogens with one attached hydrogen (secondary N) is 2. The van der Waals surface area contributed by atoms with Gasteiger partial charge in [0, 0.05) is 44.5 Å². The summed E-state index contributed by atoms with van der Waals surface area (Å²) in [6, 6.07) is 8.92. The molecule has 8 heteroatoms. The zero-order valence-corrected chi connectivity index (χ0v) is 20.3.